The molecule has 0 aromatic carbocycles. The minimum absolute atomic E-state index is 0.0193. The zero-order valence-electron chi connectivity index (χ0n) is 36.0. The number of rotatable bonds is 18. The van der Waals surface area contributed by atoms with Crippen LogP contribution in [0.15, 0.2) is 23.3 Å². The van der Waals surface area contributed by atoms with E-state index in [4.69, 9.17) is 28.4 Å². The van der Waals surface area contributed by atoms with Crippen LogP contribution in [0.4, 0.5) is 18.4 Å². The van der Waals surface area contributed by atoms with Crippen LogP contribution in [0.2, 0.25) is 0 Å². The van der Waals surface area contributed by atoms with Crippen molar-refractivity contribution >= 4 is 36.1 Å². The van der Waals surface area contributed by atoms with Crippen molar-refractivity contribution in [3.05, 3.63) is 23.3 Å². The monoisotopic (exact) mass is 806 g/mol. The molecule has 0 heterocycles. The van der Waals surface area contributed by atoms with Crippen LogP contribution in [0.3, 0.4) is 0 Å². The first kappa shape index (κ1) is 53.9. The van der Waals surface area contributed by atoms with Gasteiger partial charge in [-0.2, -0.15) is 0 Å². The summed E-state index contributed by atoms with van der Waals surface area (Å²) < 4.78 is 56.0. The van der Waals surface area contributed by atoms with Crippen molar-refractivity contribution in [3.8, 4) is 0 Å². The van der Waals surface area contributed by atoms with Gasteiger partial charge in [0.2, 0.25) is 0 Å². The van der Waals surface area contributed by atoms with Gasteiger partial charge in [-0.15, -0.1) is 0 Å². The van der Waals surface area contributed by atoms with Crippen LogP contribution in [0.1, 0.15) is 135 Å². The number of alkyl halides is 2. The summed E-state index contributed by atoms with van der Waals surface area (Å²) in [4.78, 5) is 73.2. The van der Waals surface area contributed by atoms with Crippen molar-refractivity contribution < 1.29 is 66.0 Å². The molecule has 0 aliphatic carbocycles. The van der Waals surface area contributed by atoms with Crippen LogP contribution in [-0.2, 0) is 47.6 Å². The molecule has 0 aliphatic heterocycles. The third-order valence-electron chi connectivity index (χ3n) is 6.20. The Kier molecular flexibility index (Phi) is 24.8. The van der Waals surface area contributed by atoms with Gasteiger partial charge in [0, 0.05) is 11.1 Å². The Balaban J connectivity index is 0. The lowest BCUT2D eigenvalue weighted by molar-refractivity contribution is -0.158. The summed E-state index contributed by atoms with van der Waals surface area (Å²) in [5, 5.41) is 4.94. The van der Waals surface area contributed by atoms with Crippen molar-refractivity contribution in [2.75, 3.05) is 26.6 Å². The standard InChI is InChI=1S/2C20H34FNO6/c2*1-8-26-16(23)14(10-9-13-21)11-12-15(17(24)27-19(2,3)4)22-18(25)28-20(5,6)7/h2*11,15H,8-10,12-13H2,1-7H3,(H,22,25)/b14-11+;14-11-/t2*15-/m00/s1. The molecule has 0 aliphatic rings. The fraction of sp³-hybridized carbons (Fsp3) is 0.750. The molecule has 14 nitrogen and oxygen atoms in total. The van der Waals surface area contributed by atoms with Crippen LogP contribution in [-0.4, -0.2) is 97.1 Å². The van der Waals surface area contributed by atoms with E-state index in [9.17, 15) is 37.5 Å². The van der Waals surface area contributed by atoms with Gasteiger partial charge in [-0.1, -0.05) is 12.2 Å². The highest BCUT2D eigenvalue weighted by Crippen LogP contribution is 2.17. The average Bonchev–Trinajstić information content (AvgIpc) is 3.00. The van der Waals surface area contributed by atoms with Crippen LogP contribution < -0.4 is 10.6 Å². The molecular weight excluding hydrogens is 738 g/mol. The second kappa shape index (κ2) is 25.8. The Labute approximate surface area is 332 Å². The van der Waals surface area contributed by atoms with Gasteiger partial charge in [-0.05, 0) is 135 Å². The molecule has 16 heteroatoms. The third kappa shape index (κ3) is 29.1. The minimum atomic E-state index is -1.07. The highest BCUT2D eigenvalue weighted by atomic mass is 19.1. The summed E-state index contributed by atoms with van der Waals surface area (Å²) >= 11 is 0. The summed E-state index contributed by atoms with van der Waals surface area (Å²) in [6, 6.07) is -2.13. The van der Waals surface area contributed by atoms with Gasteiger partial charge in [-0.3, -0.25) is 8.78 Å². The normalized spacial score (nSPS) is 13.5. The molecule has 0 unspecified atom stereocenters. The highest BCUT2D eigenvalue weighted by Gasteiger charge is 2.30. The summed E-state index contributed by atoms with van der Waals surface area (Å²) in [6.45, 7) is 22.9. The van der Waals surface area contributed by atoms with E-state index in [2.05, 4.69) is 10.6 Å². The maximum atomic E-state index is 12.5. The summed E-state index contributed by atoms with van der Waals surface area (Å²) in [6.07, 6.45) is 1.99. The van der Waals surface area contributed by atoms with E-state index in [0.29, 0.717) is 0 Å². The van der Waals surface area contributed by atoms with Crippen molar-refractivity contribution in [3.63, 3.8) is 0 Å². The predicted molar refractivity (Wildman–Crippen MR) is 207 cm³/mol. The first-order valence-corrected chi connectivity index (χ1v) is 18.9. The highest BCUT2D eigenvalue weighted by molar-refractivity contribution is 5.89. The number of carbonyl (C=O) groups excluding carboxylic acids is 6. The Morgan fingerprint density at radius 2 is 0.804 bits per heavy atom. The van der Waals surface area contributed by atoms with E-state index in [1.165, 1.54) is 12.2 Å². The molecule has 2 atom stereocenters. The zero-order chi connectivity index (χ0) is 43.9. The molecule has 2 N–H and O–H groups in total. The molecule has 0 saturated heterocycles. The number of halogens is 2. The van der Waals surface area contributed by atoms with Crippen LogP contribution in [0.25, 0.3) is 0 Å². The molecular formula is C40H68F2N2O12. The van der Waals surface area contributed by atoms with E-state index in [1.807, 2.05) is 0 Å². The molecule has 0 aromatic rings. The number of nitrogens with one attached hydrogen (secondary N) is 2. The number of alkyl carbamates (subject to hydrolysis) is 2. The van der Waals surface area contributed by atoms with Gasteiger partial charge >= 0.3 is 36.1 Å². The van der Waals surface area contributed by atoms with Crippen molar-refractivity contribution in [2.45, 2.75) is 170 Å². The molecule has 0 aromatic heterocycles. The molecule has 0 fully saturated rings. The van der Waals surface area contributed by atoms with E-state index >= 15 is 0 Å². The number of amides is 2. The Morgan fingerprint density at radius 3 is 1.04 bits per heavy atom. The number of carbonyl (C=O) groups is 6. The average molecular weight is 807 g/mol. The Morgan fingerprint density at radius 1 is 0.518 bits per heavy atom. The van der Waals surface area contributed by atoms with E-state index in [-0.39, 0.29) is 62.9 Å². The first-order chi connectivity index (χ1) is 25.6. The molecule has 0 rings (SSSR count). The SMILES string of the molecule is CCOC(=O)/C(=C/C[C@H](NC(=O)OC(C)(C)C)C(=O)OC(C)(C)C)CCCF.CCOC(=O)/C(=C\C[C@H](NC(=O)OC(C)(C)C)C(=O)OC(C)(C)C)CCCF. The van der Waals surface area contributed by atoms with Gasteiger partial charge in [0.25, 0.3) is 0 Å². The van der Waals surface area contributed by atoms with Gasteiger partial charge in [0.05, 0.1) is 26.6 Å². The fourth-order valence-corrected chi connectivity index (χ4v) is 4.13. The first-order valence-electron chi connectivity index (χ1n) is 18.9. The summed E-state index contributed by atoms with van der Waals surface area (Å²) in [5.74, 6) is -2.47. The predicted octanol–water partition coefficient (Wildman–Crippen LogP) is 7.70. The molecule has 0 bridgehead atoms. The lowest BCUT2D eigenvalue weighted by atomic mass is 10.1. The zero-order valence-corrected chi connectivity index (χ0v) is 36.0. The number of hydrogen-bond acceptors (Lipinski definition) is 12. The molecule has 0 saturated carbocycles. The number of ether oxygens (including phenoxy) is 6. The molecule has 0 radical (unpaired) electrons. The second-order valence-corrected chi connectivity index (χ2v) is 16.4. The second-order valence-electron chi connectivity index (χ2n) is 16.4. The lowest BCUT2D eigenvalue weighted by Crippen LogP contribution is -2.45. The molecule has 324 valence electrons. The molecule has 56 heavy (non-hydrogen) atoms. The van der Waals surface area contributed by atoms with Gasteiger partial charge < -0.3 is 39.1 Å². The maximum absolute atomic E-state index is 12.5. The quantitative estimate of drug-likeness (QED) is 0.0784. The van der Waals surface area contributed by atoms with Crippen LogP contribution >= 0.6 is 0 Å². The van der Waals surface area contributed by atoms with E-state index in [1.54, 1.807) is 96.9 Å². The van der Waals surface area contributed by atoms with Crippen molar-refractivity contribution in [2.24, 2.45) is 0 Å². The van der Waals surface area contributed by atoms with Gasteiger partial charge in [0.15, 0.2) is 0 Å². The van der Waals surface area contributed by atoms with E-state index < -0.39 is 83.9 Å². The fourth-order valence-electron chi connectivity index (χ4n) is 4.13. The summed E-state index contributed by atoms with van der Waals surface area (Å²) in [7, 11) is 0. The minimum Gasteiger partial charge on any atom is -0.463 e. The number of hydrogen-bond donors (Lipinski definition) is 2. The Bertz CT molecular complexity index is 1220. The topological polar surface area (TPSA) is 182 Å². The molecule has 0 spiro atoms. The number of esters is 4. The van der Waals surface area contributed by atoms with Crippen molar-refractivity contribution in [1.29, 1.82) is 0 Å². The molecule has 2 amide bonds. The third-order valence-corrected chi connectivity index (χ3v) is 6.20. The Hall–Kier alpha value is -4.24. The van der Waals surface area contributed by atoms with Gasteiger partial charge in [0.1, 0.15) is 34.5 Å². The lowest BCUT2D eigenvalue weighted by Gasteiger charge is -2.26. The summed E-state index contributed by atoms with van der Waals surface area (Å²) in [5.41, 5.74) is -2.50. The largest absolute Gasteiger partial charge is 0.463 e. The smallest absolute Gasteiger partial charge is 0.408 e. The van der Waals surface area contributed by atoms with E-state index in [0.717, 1.165) is 0 Å². The maximum Gasteiger partial charge on any atom is 0.408 e. The van der Waals surface area contributed by atoms with Crippen molar-refractivity contribution in [1.82, 2.24) is 10.6 Å². The van der Waals surface area contributed by atoms with Gasteiger partial charge in [-0.25, -0.2) is 28.8 Å². The van der Waals surface area contributed by atoms with Crippen LogP contribution in [0, 0.1) is 0 Å². The van der Waals surface area contributed by atoms with Crippen LogP contribution in [0.5, 0.6) is 0 Å².